The van der Waals surface area contributed by atoms with E-state index in [1.165, 1.54) is 12.0 Å². The number of rotatable bonds is 3. The second kappa shape index (κ2) is 7.94. The van der Waals surface area contributed by atoms with Crippen molar-refractivity contribution in [3.8, 4) is 0 Å². The minimum Gasteiger partial charge on any atom is -0.453 e. The third-order valence-electron chi connectivity index (χ3n) is 4.46. The number of fused-ring (bicyclic) bond motifs is 1. The molecule has 1 aromatic rings. The van der Waals surface area contributed by atoms with E-state index >= 15 is 0 Å². The molecule has 11 nitrogen and oxygen atoms in total. The molecular weight excluding hydrogens is 342 g/mol. The predicted octanol–water partition coefficient (Wildman–Crippen LogP) is 2.91. The van der Waals surface area contributed by atoms with Gasteiger partial charge < -0.3 is 14.2 Å². The first-order chi connectivity index (χ1) is 12.7. The van der Waals surface area contributed by atoms with Crippen LogP contribution in [0.25, 0.3) is 20.9 Å². The summed E-state index contributed by atoms with van der Waals surface area (Å²) in [6.45, 7) is 0.212. The molecule has 1 amide bonds. The van der Waals surface area contributed by atoms with Gasteiger partial charge in [0.2, 0.25) is 0 Å². The van der Waals surface area contributed by atoms with Gasteiger partial charge in [-0.15, -0.1) is 0 Å². The largest absolute Gasteiger partial charge is 0.453 e. The molecule has 0 aliphatic carbocycles. The number of likely N-dealkylation sites (tertiary alicyclic amines) is 1. The topological polar surface area (TPSA) is 146 Å². The first kappa shape index (κ1) is 17.8. The Balaban J connectivity index is 1.94. The number of carbonyl (C=O) groups is 1. The summed E-state index contributed by atoms with van der Waals surface area (Å²) in [4.78, 5) is 19.2. The Morgan fingerprint density at radius 1 is 1.27 bits per heavy atom. The zero-order chi connectivity index (χ0) is 18.5. The van der Waals surface area contributed by atoms with Crippen molar-refractivity contribution < 1.29 is 19.0 Å². The lowest BCUT2D eigenvalue weighted by Crippen LogP contribution is -2.65. The van der Waals surface area contributed by atoms with Gasteiger partial charge in [-0.3, -0.25) is 4.90 Å². The van der Waals surface area contributed by atoms with Crippen molar-refractivity contribution in [2.24, 2.45) is 10.2 Å². The van der Waals surface area contributed by atoms with Crippen LogP contribution in [-0.4, -0.2) is 55.5 Å². The highest BCUT2D eigenvalue weighted by Crippen LogP contribution is 2.35. The molecule has 26 heavy (non-hydrogen) atoms. The fourth-order valence-corrected chi connectivity index (χ4v) is 3.28. The van der Waals surface area contributed by atoms with Crippen LogP contribution >= 0.6 is 0 Å². The van der Waals surface area contributed by atoms with Gasteiger partial charge in [-0.2, -0.15) is 0 Å². The Labute approximate surface area is 148 Å². The molecule has 0 spiro atoms. The van der Waals surface area contributed by atoms with E-state index in [0.29, 0.717) is 0 Å². The predicted molar refractivity (Wildman–Crippen MR) is 88.8 cm³/mol. The lowest BCUT2D eigenvalue weighted by atomic mass is 9.90. The Morgan fingerprint density at radius 2 is 2.00 bits per heavy atom. The van der Waals surface area contributed by atoms with Crippen LogP contribution in [-0.2, 0) is 14.2 Å². The van der Waals surface area contributed by atoms with E-state index in [0.717, 1.165) is 5.56 Å². The van der Waals surface area contributed by atoms with E-state index in [9.17, 15) is 4.79 Å². The second-order valence-electron chi connectivity index (χ2n) is 5.83. The minimum absolute atomic E-state index is 0.0459. The SMILES string of the molecule is COC(=O)N1C[C@H](N=[N+]=[N-])[C@@H](N=[N+]=[N-])[C@@H]2O[C@H](c3ccccc3)OC[C@H]21. The van der Waals surface area contributed by atoms with E-state index in [1.807, 2.05) is 30.3 Å². The normalized spacial score (nSPS) is 30.3. The van der Waals surface area contributed by atoms with Crippen LogP contribution in [0.1, 0.15) is 11.9 Å². The van der Waals surface area contributed by atoms with Crippen LogP contribution in [0.3, 0.4) is 0 Å². The molecule has 0 aromatic heterocycles. The summed E-state index contributed by atoms with van der Waals surface area (Å²) in [5.41, 5.74) is 18.6. The molecule has 3 rings (SSSR count). The number of azide groups is 2. The Morgan fingerprint density at radius 3 is 2.65 bits per heavy atom. The van der Waals surface area contributed by atoms with E-state index in [-0.39, 0.29) is 13.2 Å². The van der Waals surface area contributed by atoms with E-state index < -0.39 is 36.6 Å². The van der Waals surface area contributed by atoms with E-state index in [1.54, 1.807) is 0 Å². The molecule has 0 bridgehead atoms. The van der Waals surface area contributed by atoms with Gasteiger partial charge in [-0.25, -0.2) is 4.79 Å². The highest BCUT2D eigenvalue weighted by Gasteiger charge is 2.49. The fourth-order valence-electron chi connectivity index (χ4n) is 3.28. The highest BCUT2D eigenvalue weighted by molar-refractivity contribution is 5.68. The molecular formula is C15H17N7O4. The summed E-state index contributed by atoms with van der Waals surface area (Å²) < 4.78 is 16.6. The summed E-state index contributed by atoms with van der Waals surface area (Å²) in [5, 5.41) is 7.46. The molecule has 2 aliphatic heterocycles. The van der Waals surface area contributed by atoms with Crippen LogP contribution in [0.2, 0.25) is 0 Å². The van der Waals surface area contributed by atoms with Gasteiger partial charge in [-0.1, -0.05) is 40.6 Å². The van der Waals surface area contributed by atoms with Crippen molar-refractivity contribution in [1.29, 1.82) is 0 Å². The lowest BCUT2D eigenvalue weighted by molar-refractivity contribution is -0.254. The van der Waals surface area contributed by atoms with Crippen LogP contribution in [0, 0.1) is 0 Å². The van der Waals surface area contributed by atoms with Crippen LogP contribution in [0.4, 0.5) is 4.79 Å². The number of piperidine rings is 1. The molecule has 2 heterocycles. The van der Waals surface area contributed by atoms with Crippen LogP contribution in [0.5, 0.6) is 0 Å². The molecule has 0 radical (unpaired) electrons. The molecule has 1 aromatic carbocycles. The molecule has 2 fully saturated rings. The van der Waals surface area contributed by atoms with Gasteiger partial charge in [0.05, 0.1) is 37.9 Å². The first-order valence-corrected chi connectivity index (χ1v) is 7.94. The summed E-state index contributed by atoms with van der Waals surface area (Å²) in [6, 6.07) is 7.20. The molecule has 11 heteroatoms. The number of nitrogens with zero attached hydrogens (tertiary/aromatic N) is 7. The highest BCUT2D eigenvalue weighted by atomic mass is 16.7. The third-order valence-corrected chi connectivity index (χ3v) is 4.46. The van der Waals surface area contributed by atoms with Gasteiger partial charge in [0.25, 0.3) is 0 Å². The molecule has 2 saturated heterocycles. The van der Waals surface area contributed by atoms with Gasteiger partial charge in [-0.05, 0) is 11.1 Å². The maximum Gasteiger partial charge on any atom is 0.409 e. The van der Waals surface area contributed by atoms with Crippen LogP contribution in [0.15, 0.2) is 40.6 Å². The van der Waals surface area contributed by atoms with Crippen molar-refractivity contribution in [1.82, 2.24) is 4.90 Å². The quantitative estimate of drug-likeness (QED) is 0.464. The summed E-state index contributed by atoms with van der Waals surface area (Å²) in [6.07, 6.45) is -1.98. The van der Waals surface area contributed by atoms with Gasteiger partial charge in [0.15, 0.2) is 6.29 Å². The van der Waals surface area contributed by atoms with Crippen molar-refractivity contribution >= 4 is 6.09 Å². The van der Waals surface area contributed by atoms with E-state index in [2.05, 4.69) is 20.1 Å². The van der Waals surface area contributed by atoms with Crippen molar-refractivity contribution in [2.45, 2.75) is 30.5 Å². The number of amides is 1. The standard InChI is InChI=1S/C15H17N7O4/c1-24-15(23)22-7-10(18-20-16)12(19-21-17)13-11(22)8-25-14(26-13)9-5-3-2-4-6-9/h2-6,10-14H,7-8H2,1H3/t10-,11+,12+,13+,14+/m0/s1. The molecule has 0 N–H and O–H groups in total. The number of ether oxygens (including phenoxy) is 3. The van der Waals surface area contributed by atoms with E-state index in [4.69, 9.17) is 25.3 Å². The zero-order valence-electron chi connectivity index (χ0n) is 14.0. The number of benzene rings is 1. The van der Waals surface area contributed by atoms with Gasteiger partial charge in [0, 0.05) is 21.9 Å². The molecule has 136 valence electrons. The summed E-state index contributed by atoms with van der Waals surface area (Å²) >= 11 is 0. The minimum atomic E-state index is -0.772. The van der Waals surface area contributed by atoms with Crippen LogP contribution < -0.4 is 0 Å². The van der Waals surface area contributed by atoms with Crippen molar-refractivity contribution in [3.05, 3.63) is 56.8 Å². The van der Waals surface area contributed by atoms with Crippen molar-refractivity contribution in [2.75, 3.05) is 20.3 Å². The second-order valence-corrected chi connectivity index (χ2v) is 5.83. The molecule has 0 unspecified atom stereocenters. The number of hydrogen-bond donors (Lipinski definition) is 0. The summed E-state index contributed by atoms with van der Waals surface area (Å²) in [7, 11) is 1.26. The monoisotopic (exact) mass is 359 g/mol. The average molecular weight is 359 g/mol. The Hall–Kier alpha value is -2.97. The molecule has 0 saturated carbocycles. The average Bonchev–Trinajstić information content (AvgIpc) is 2.69. The summed E-state index contributed by atoms with van der Waals surface area (Å²) in [5.74, 6) is 0. The molecule has 5 atom stereocenters. The lowest BCUT2D eigenvalue weighted by Gasteiger charge is -2.49. The first-order valence-electron chi connectivity index (χ1n) is 7.94. The molecule has 2 aliphatic rings. The zero-order valence-corrected chi connectivity index (χ0v) is 14.0. The number of methoxy groups -OCH3 is 1. The smallest absolute Gasteiger partial charge is 0.409 e. The maximum atomic E-state index is 12.1. The number of hydrogen-bond acceptors (Lipinski definition) is 6. The van der Waals surface area contributed by atoms with Gasteiger partial charge >= 0.3 is 6.09 Å². The fraction of sp³-hybridized carbons (Fsp3) is 0.533. The Kier molecular flexibility index (Phi) is 5.45. The number of carbonyl (C=O) groups excluding carboxylic acids is 1. The third kappa shape index (κ3) is 3.37. The van der Waals surface area contributed by atoms with Gasteiger partial charge in [0.1, 0.15) is 0 Å². The maximum absolute atomic E-state index is 12.1. The Bertz CT molecular complexity index is 748. The van der Waals surface area contributed by atoms with Crippen molar-refractivity contribution in [3.63, 3.8) is 0 Å².